The number of fused-ring (bicyclic) bond motifs is 1. The van der Waals surface area contributed by atoms with Gasteiger partial charge in [0.2, 0.25) is 0 Å². The van der Waals surface area contributed by atoms with Crippen LogP contribution in [0.3, 0.4) is 0 Å². The highest BCUT2D eigenvalue weighted by molar-refractivity contribution is 5.95. The van der Waals surface area contributed by atoms with Gasteiger partial charge in [-0.15, -0.1) is 0 Å². The minimum Gasteiger partial charge on any atom is -0.394 e. The number of carbonyl (C=O) groups excluding carboxylic acids is 2. The second kappa shape index (κ2) is 9.05. The van der Waals surface area contributed by atoms with Crippen LogP contribution in [0, 0.1) is 11.7 Å². The third-order valence-electron chi connectivity index (χ3n) is 4.89. The van der Waals surface area contributed by atoms with Gasteiger partial charge in [-0.2, -0.15) is 0 Å². The number of urea groups is 1. The number of amides is 3. The number of rotatable bonds is 6. The second-order valence-electron chi connectivity index (χ2n) is 7.76. The minimum atomic E-state index is -0.309. The summed E-state index contributed by atoms with van der Waals surface area (Å²) in [7, 11) is 0. The summed E-state index contributed by atoms with van der Waals surface area (Å²) in [4.78, 5) is 26.4. The fourth-order valence-electron chi connectivity index (χ4n) is 3.43. The van der Waals surface area contributed by atoms with Crippen molar-refractivity contribution in [1.82, 2.24) is 10.2 Å². The summed E-state index contributed by atoms with van der Waals surface area (Å²) in [5.41, 5.74) is 2.77. The zero-order chi connectivity index (χ0) is 21.0. The molecule has 1 atom stereocenters. The molecule has 3 rings (SSSR count). The van der Waals surface area contributed by atoms with E-state index in [-0.39, 0.29) is 30.4 Å². The summed E-state index contributed by atoms with van der Waals surface area (Å²) in [5.74, 6) is -0.213. The molecule has 7 heteroatoms. The summed E-state index contributed by atoms with van der Waals surface area (Å²) >= 11 is 0. The van der Waals surface area contributed by atoms with Crippen LogP contribution in [-0.2, 0) is 13.1 Å². The molecular formula is C22H26FN3O3. The van der Waals surface area contributed by atoms with Gasteiger partial charge in [-0.1, -0.05) is 19.9 Å². The average molecular weight is 399 g/mol. The van der Waals surface area contributed by atoms with Gasteiger partial charge in [0.05, 0.1) is 12.6 Å². The van der Waals surface area contributed by atoms with Gasteiger partial charge < -0.3 is 20.6 Å². The largest absolute Gasteiger partial charge is 0.394 e. The summed E-state index contributed by atoms with van der Waals surface area (Å²) in [6.07, 6.45) is 0.693. The van der Waals surface area contributed by atoms with Crippen LogP contribution in [0.4, 0.5) is 14.9 Å². The van der Waals surface area contributed by atoms with Crippen molar-refractivity contribution in [2.45, 2.75) is 39.4 Å². The lowest BCUT2D eigenvalue weighted by atomic mass is 10.0. The fraction of sp³-hybridized carbons (Fsp3) is 0.364. The first kappa shape index (κ1) is 20.8. The Kier molecular flexibility index (Phi) is 6.49. The zero-order valence-electron chi connectivity index (χ0n) is 16.6. The monoisotopic (exact) mass is 399 g/mol. The molecule has 1 heterocycles. The Labute approximate surface area is 169 Å². The Balaban J connectivity index is 1.56. The van der Waals surface area contributed by atoms with Gasteiger partial charge in [0.1, 0.15) is 5.82 Å². The van der Waals surface area contributed by atoms with E-state index >= 15 is 0 Å². The number of aliphatic hydroxyl groups is 1. The van der Waals surface area contributed by atoms with Gasteiger partial charge in [0.15, 0.2) is 0 Å². The molecule has 0 aromatic heterocycles. The summed E-state index contributed by atoms with van der Waals surface area (Å²) in [6, 6.07) is 10.6. The van der Waals surface area contributed by atoms with Crippen LogP contribution in [0.2, 0.25) is 0 Å². The Bertz CT molecular complexity index is 883. The number of hydrogen-bond acceptors (Lipinski definition) is 3. The first-order valence-electron chi connectivity index (χ1n) is 9.70. The van der Waals surface area contributed by atoms with E-state index in [0.29, 0.717) is 36.7 Å². The van der Waals surface area contributed by atoms with Crippen molar-refractivity contribution in [3.63, 3.8) is 0 Å². The minimum absolute atomic E-state index is 0.111. The van der Waals surface area contributed by atoms with Gasteiger partial charge in [-0.05, 0) is 59.9 Å². The molecule has 0 aliphatic carbocycles. The van der Waals surface area contributed by atoms with E-state index in [0.717, 1.165) is 11.1 Å². The predicted octanol–water partition coefficient (Wildman–Crippen LogP) is 3.51. The smallest absolute Gasteiger partial charge is 0.322 e. The molecule has 3 N–H and O–H groups in total. The second-order valence-corrected chi connectivity index (χ2v) is 7.76. The summed E-state index contributed by atoms with van der Waals surface area (Å²) < 4.78 is 13.3. The average Bonchev–Trinajstić information content (AvgIpc) is 3.11. The molecule has 0 spiro atoms. The summed E-state index contributed by atoms with van der Waals surface area (Å²) in [5, 5.41) is 15.0. The number of nitrogens with zero attached hydrogens (tertiary/aromatic N) is 1. The SMILES string of the molecule is CC(C)C[C@@H](CO)NC(=O)c1ccc(NC(=O)N2Cc3ccc(F)cc3C2)cc1. The molecule has 2 aromatic carbocycles. The first-order chi connectivity index (χ1) is 13.9. The van der Waals surface area contributed by atoms with Crippen molar-refractivity contribution in [1.29, 1.82) is 0 Å². The van der Waals surface area contributed by atoms with E-state index in [1.807, 2.05) is 13.8 Å². The molecule has 1 aliphatic rings. The normalized spacial score (nSPS) is 13.9. The van der Waals surface area contributed by atoms with E-state index in [9.17, 15) is 19.1 Å². The predicted molar refractivity (Wildman–Crippen MR) is 109 cm³/mol. The fourth-order valence-corrected chi connectivity index (χ4v) is 3.43. The highest BCUT2D eigenvalue weighted by Crippen LogP contribution is 2.24. The van der Waals surface area contributed by atoms with Crippen molar-refractivity contribution in [2.75, 3.05) is 11.9 Å². The number of halogens is 1. The lowest BCUT2D eigenvalue weighted by Gasteiger charge is -2.18. The molecule has 29 heavy (non-hydrogen) atoms. The lowest BCUT2D eigenvalue weighted by Crippen LogP contribution is -2.38. The van der Waals surface area contributed by atoms with Gasteiger partial charge in [-0.3, -0.25) is 4.79 Å². The van der Waals surface area contributed by atoms with Gasteiger partial charge in [-0.25, -0.2) is 9.18 Å². The van der Waals surface area contributed by atoms with Crippen molar-refractivity contribution in [2.24, 2.45) is 5.92 Å². The molecule has 0 saturated heterocycles. The Morgan fingerprint density at radius 1 is 1.10 bits per heavy atom. The van der Waals surface area contributed by atoms with Crippen LogP contribution < -0.4 is 10.6 Å². The molecular weight excluding hydrogens is 373 g/mol. The number of nitrogens with one attached hydrogen (secondary N) is 2. The molecule has 0 saturated carbocycles. The number of benzene rings is 2. The van der Waals surface area contributed by atoms with Crippen molar-refractivity contribution in [3.8, 4) is 0 Å². The number of anilines is 1. The maximum Gasteiger partial charge on any atom is 0.322 e. The highest BCUT2D eigenvalue weighted by Gasteiger charge is 2.23. The number of aliphatic hydroxyl groups excluding tert-OH is 1. The van der Waals surface area contributed by atoms with Gasteiger partial charge >= 0.3 is 6.03 Å². The van der Waals surface area contributed by atoms with Crippen molar-refractivity contribution < 1.29 is 19.1 Å². The molecule has 0 radical (unpaired) electrons. The topological polar surface area (TPSA) is 81.7 Å². The lowest BCUT2D eigenvalue weighted by molar-refractivity contribution is 0.0908. The molecule has 3 amide bonds. The van der Waals surface area contributed by atoms with Gasteiger partial charge in [0.25, 0.3) is 5.91 Å². The maximum atomic E-state index is 13.3. The third-order valence-corrected chi connectivity index (χ3v) is 4.89. The van der Waals surface area contributed by atoms with Crippen molar-refractivity contribution >= 4 is 17.6 Å². The molecule has 154 valence electrons. The van der Waals surface area contributed by atoms with Crippen LogP contribution in [0.15, 0.2) is 42.5 Å². The van der Waals surface area contributed by atoms with Crippen LogP contribution in [0.5, 0.6) is 0 Å². The Morgan fingerprint density at radius 2 is 1.79 bits per heavy atom. The molecule has 6 nitrogen and oxygen atoms in total. The number of hydrogen-bond donors (Lipinski definition) is 3. The van der Waals surface area contributed by atoms with E-state index in [1.165, 1.54) is 12.1 Å². The van der Waals surface area contributed by atoms with E-state index in [1.54, 1.807) is 35.2 Å². The number of carbonyl (C=O) groups is 2. The molecule has 1 aliphatic heterocycles. The molecule has 0 fully saturated rings. The quantitative estimate of drug-likeness (QED) is 0.695. The Morgan fingerprint density at radius 3 is 2.45 bits per heavy atom. The highest BCUT2D eigenvalue weighted by atomic mass is 19.1. The molecule has 0 bridgehead atoms. The third kappa shape index (κ3) is 5.32. The van der Waals surface area contributed by atoms with E-state index in [4.69, 9.17) is 0 Å². The standard InChI is InChI=1S/C22H26FN3O3/c1-14(2)9-20(13-27)24-21(28)15-4-7-19(8-5-15)25-22(29)26-11-16-3-6-18(23)10-17(16)12-26/h3-8,10,14,20,27H,9,11-13H2,1-2H3,(H,24,28)(H,25,29)/t20-/m0/s1. The van der Waals surface area contributed by atoms with E-state index < -0.39 is 0 Å². The molecule has 2 aromatic rings. The first-order valence-corrected chi connectivity index (χ1v) is 9.70. The zero-order valence-corrected chi connectivity index (χ0v) is 16.6. The van der Waals surface area contributed by atoms with Crippen LogP contribution in [0.1, 0.15) is 41.8 Å². The Hall–Kier alpha value is -2.93. The summed E-state index contributed by atoms with van der Waals surface area (Å²) in [6.45, 7) is 4.74. The van der Waals surface area contributed by atoms with Crippen molar-refractivity contribution in [3.05, 3.63) is 65.0 Å². The van der Waals surface area contributed by atoms with Gasteiger partial charge in [0, 0.05) is 24.3 Å². The van der Waals surface area contributed by atoms with Crippen LogP contribution >= 0.6 is 0 Å². The van der Waals surface area contributed by atoms with Crippen LogP contribution in [0.25, 0.3) is 0 Å². The van der Waals surface area contributed by atoms with E-state index in [2.05, 4.69) is 10.6 Å². The maximum absolute atomic E-state index is 13.3. The molecule has 0 unspecified atom stereocenters. The van der Waals surface area contributed by atoms with Crippen LogP contribution in [-0.4, -0.2) is 34.6 Å².